The van der Waals surface area contributed by atoms with Crippen molar-refractivity contribution in [2.75, 3.05) is 61.6 Å². The highest BCUT2D eigenvalue weighted by atomic mass is 16.5. The molecule has 3 aromatic carbocycles. The Kier molecular flexibility index (Phi) is 9.80. The summed E-state index contributed by atoms with van der Waals surface area (Å²) >= 11 is 0. The molecular weight excluding hydrogens is 492 g/mol. The van der Waals surface area contributed by atoms with Gasteiger partial charge in [0, 0.05) is 44.1 Å². The summed E-state index contributed by atoms with van der Waals surface area (Å²) in [5, 5.41) is 5.91. The molecule has 3 aromatic rings. The van der Waals surface area contributed by atoms with Crippen molar-refractivity contribution in [3.8, 4) is 5.75 Å². The quantitative estimate of drug-likeness (QED) is 0.378. The van der Waals surface area contributed by atoms with Gasteiger partial charge in [0.25, 0.3) is 5.91 Å². The Bertz CT molecular complexity index is 1240. The van der Waals surface area contributed by atoms with Crippen LogP contribution in [0.15, 0.2) is 72.8 Å². The van der Waals surface area contributed by atoms with Crippen LogP contribution in [0.1, 0.15) is 29.8 Å². The molecule has 206 valence electrons. The van der Waals surface area contributed by atoms with Crippen LogP contribution < -0.4 is 25.2 Å². The molecule has 1 aliphatic rings. The van der Waals surface area contributed by atoms with Crippen LogP contribution in [0.3, 0.4) is 0 Å². The summed E-state index contributed by atoms with van der Waals surface area (Å²) < 4.78 is 11.1. The Hall–Kier alpha value is -4.04. The smallest absolute Gasteiger partial charge is 0.253 e. The summed E-state index contributed by atoms with van der Waals surface area (Å²) in [6, 6.07) is 23.3. The van der Waals surface area contributed by atoms with Gasteiger partial charge in [-0.2, -0.15) is 0 Å². The summed E-state index contributed by atoms with van der Waals surface area (Å²) in [7, 11) is 1.69. The Morgan fingerprint density at radius 3 is 2.23 bits per heavy atom. The fourth-order valence-corrected chi connectivity index (χ4v) is 4.58. The Morgan fingerprint density at radius 2 is 1.54 bits per heavy atom. The number of rotatable bonds is 11. The van der Waals surface area contributed by atoms with E-state index in [1.165, 1.54) is 0 Å². The van der Waals surface area contributed by atoms with Gasteiger partial charge in [-0.15, -0.1) is 0 Å². The van der Waals surface area contributed by atoms with Crippen LogP contribution in [0, 0.1) is 5.92 Å². The van der Waals surface area contributed by atoms with Crippen molar-refractivity contribution in [2.24, 2.45) is 5.92 Å². The van der Waals surface area contributed by atoms with E-state index in [0.29, 0.717) is 30.3 Å². The van der Waals surface area contributed by atoms with Gasteiger partial charge in [-0.25, -0.2) is 0 Å². The van der Waals surface area contributed by atoms with Crippen molar-refractivity contribution in [2.45, 2.75) is 20.5 Å². The Labute approximate surface area is 230 Å². The fraction of sp³-hybridized carbons (Fsp3) is 0.355. The molecule has 0 aromatic heterocycles. The number of ether oxygens (including phenoxy) is 2. The lowest BCUT2D eigenvalue weighted by Crippen LogP contribution is -2.47. The molecule has 2 N–H and O–H groups in total. The summed E-state index contributed by atoms with van der Waals surface area (Å²) in [6.45, 7) is 8.07. The van der Waals surface area contributed by atoms with E-state index in [-0.39, 0.29) is 18.4 Å². The SMILES string of the molecule is COc1ccccc1N1CCN(c2ccc(NC(=O)COCc3ccccc3)cc2C(=O)NCC(C)C)CC1. The molecule has 4 rings (SSSR count). The molecule has 1 fully saturated rings. The maximum atomic E-state index is 13.2. The molecule has 0 unspecified atom stereocenters. The summed E-state index contributed by atoms with van der Waals surface area (Å²) in [5.41, 5.74) is 4.04. The third kappa shape index (κ3) is 7.74. The van der Waals surface area contributed by atoms with Crippen LogP contribution in [0.2, 0.25) is 0 Å². The first kappa shape index (κ1) is 28.0. The molecule has 0 radical (unpaired) electrons. The molecule has 1 heterocycles. The second-order valence-electron chi connectivity index (χ2n) is 10.0. The van der Waals surface area contributed by atoms with Gasteiger partial charge in [0.1, 0.15) is 12.4 Å². The fourth-order valence-electron chi connectivity index (χ4n) is 4.58. The van der Waals surface area contributed by atoms with Crippen LogP contribution >= 0.6 is 0 Å². The highest BCUT2D eigenvalue weighted by Crippen LogP contribution is 2.31. The monoisotopic (exact) mass is 530 g/mol. The highest BCUT2D eigenvalue weighted by molar-refractivity contribution is 6.02. The molecule has 0 saturated carbocycles. The zero-order chi connectivity index (χ0) is 27.6. The minimum atomic E-state index is -0.266. The summed E-state index contributed by atoms with van der Waals surface area (Å²) in [6.07, 6.45) is 0. The minimum Gasteiger partial charge on any atom is -0.495 e. The van der Waals surface area contributed by atoms with E-state index in [1.807, 2.05) is 60.7 Å². The van der Waals surface area contributed by atoms with Gasteiger partial charge >= 0.3 is 0 Å². The number of methoxy groups -OCH3 is 1. The van der Waals surface area contributed by atoms with E-state index in [2.05, 4.69) is 40.3 Å². The van der Waals surface area contributed by atoms with E-state index in [0.717, 1.165) is 48.9 Å². The average molecular weight is 531 g/mol. The number of carbonyl (C=O) groups excluding carboxylic acids is 2. The summed E-state index contributed by atoms with van der Waals surface area (Å²) in [5.74, 6) is 0.763. The van der Waals surface area contributed by atoms with Crippen LogP contribution in [0.4, 0.5) is 17.1 Å². The largest absolute Gasteiger partial charge is 0.495 e. The third-order valence-corrected chi connectivity index (χ3v) is 6.59. The van der Waals surface area contributed by atoms with Gasteiger partial charge in [0.15, 0.2) is 0 Å². The van der Waals surface area contributed by atoms with Crippen LogP contribution in [0.25, 0.3) is 0 Å². The third-order valence-electron chi connectivity index (χ3n) is 6.59. The maximum Gasteiger partial charge on any atom is 0.253 e. The molecule has 2 amide bonds. The van der Waals surface area contributed by atoms with Gasteiger partial charge in [-0.05, 0) is 41.8 Å². The van der Waals surface area contributed by atoms with Crippen LogP contribution in [0.5, 0.6) is 5.75 Å². The number of nitrogens with one attached hydrogen (secondary N) is 2. The van der Waals surface area contributed by atoms with Gasteiger partial charge in [0.2, 0.25) is 5.91 Å². The van der Waals surface area contributed by atoms with E-state index in [1.54, 1.807) is 13.2 Å². The highest BCUT2D eigenvalue weighted by Gasteiger charge is 2.24. The number of hydrogen-bond acceptors (Lipinski definition) is 6. The standard InChI is InChI=1S/C31H38N4O4/c1-23(2)20-32-31(37)26-19-25(33-30(36)22-39-21-24-9-5-4-6-10-24)13-14-27(26)34-15-17-35(18-16-34)28-11-7-8-12-29(28)38-3/h4-14,19,23H,15-18,20-22H2,1-3H3,(H,32,37)(H,33,36). The summed E-state index contributed by atoms with van der Waals surface area (Å²) in [4.78, 5) is 30.3. The lowest BCUT2D eigenvalue weighted by Gasteiger charge is -2.38. The molecule has 1 saturated heterocycles. The lowest BCUT2D eigenvalue weighted by molar-refractivity contribution is -0.121. The molecule has 0 bridgehead atoms. The molecular formula is C31H38N4O4. The Morgan fingerprint density at radius 1 is 0.872 bits per heavy atom. The van der Waals surface area contributed by atoms with Gasteiger partial charge in [-0.1, -0.05) is 56.3 Å². The molecule has 1 aliphatic heterocycles. The van der Waals surface area contributed by atoms with Gasteiger partial charge in [-0.3, -0.25) is 9.59 Å². The number of carbonyl (C=O) groups is 2. The van der Waals surface area contributed by atoms with Crippen molar-refractivity contribution < 1.29 is 19.1 Å². The molecule has 8 nitrogen and oxygen atoms in total. The van der Waals surface area contributed by atoms with Crippen LogP contribution in [-0.4, -0.2) is 58.3 Å². The topological polar surface area (TPSA) is 83.1 Å². The van der Waals surface area contributed by atoms with Crippen molar-refractivity contribution in [1.29, 1.82) is 0 Å². The number of para-hydroxylation sites is 2. The first-order valence-corrected chi connectivity index (χ1v) is 13.4. The average Bonchev–Trinajstić information content (AvgIpc) is 2.96. The van der Waals surface area contributed by atoms with Gasteiger partial charge < -0.3 is 29.9 Å². The van der Waals surface area contributed by atoms with Crippen molar-refractivity contribution >= 4 is 28.9 Å². The van der Waals surface area contributed by atoms with E-state index in [4.69, 9.17) is 9.47 Å². The predicted octanol–water partition coefficient (Wildman–Crippen LogP) is 4.56. The predicted molar refractivity (Wildman–Crippen MR) is 156 cm³/mol. The zero-order valence-corrected chi connectivity index (χ0v) is 23.0. The molecule has 0 atom stereocenters. The number of benzene rings is 3. The zero-order valence-electron chi connectivity index (χ0n) is 23.0. The number of anilines is 3. The van der Waals surface area contributed by atoms with Crippen LogP contribution in [-0.2, 0) is 16.1 Å². The molecule has 8 heteroatoms. The molecule has 0 aliphatic carbocycles. The Balaban J connectivity index is 1.44. The number of hydrogen-bond donors (Lipinski definition) is 2. The van der Waals surface area contributed by atoms with E-state index < -0.39 is 0 Å². The second-order valence-corrected chi connectivity index (χ2v) is 10.0. The lowest BCUT2D eigenvalue weighted by atomic mass is 10.1. The van der Waals surface area contributed by atoms with Gasteiger partial charge in [0.05, 0.1) is 25.0 Å². The maximum absolute atomic E-state index is 13.2. The van der Waals surface area contributed by atoms with Crippen molar-refractivity contribution in [1.82, 2.24) is 5.32 Å². The van der Waals surface area contributed by atoms with E-state index in [9.17, 15) is 9.59 Å². The second kappa shape index (κ2) is 13.7. The molecule has 39 heavy (non-hydrogen) atoms. The van der Waals surface area contributed by atoms with Crippen molar-refractivity contribution in [3.63, 3.8) is 0 Å². The minimum absolute atomic E-state index is 0.0730. The van der Waals surface area contributed by atoms with Crippen molar-refractivity contribution in [3.05, 3.63) is 83.9 Å². The number of nitrogens with zero attached hydrogens (tertiary/aromatic N) is 2. The first-order valence-electron chi connectivity index (χ1n) is 13.4. The number of amides is 2. The normalized spacial score (nSPS) is 13.3. The van der Waals surface area contributed by atoms with E-state index >= 15 is 0 Å². The molecule has 0 spiro atoms. The first-order chi connectivity index (χ1) is 18.9. The number of piperazine rings is 1.